The lowest BCUT2D eigenvalue weighted by Gasteiger charge is -2.08. The van der Waals surface area contributed by atoms with Crippen LogP contribution in [0.2, 0.25) is 0 Å². The molecule has 2 aromatic heterocycles. The van der Waals surface area contributed by atoms with E-state index in [2.05, 4.69) is 15.3 Å². The molecule has 4 rings (SSSR count). The number of nitrogens with one attached hydrogen (secondary N) is 1. The van der Waals surface area contributed by atoms with Gasteiger partial charge in [0, 0.05) is 29.8 Å². The molecule has 1 amide bonds. The highest BCUT2D eigenvalue weighted by molar-refractivity contribution is 6.10. The van der Waals surface area contributed by atoms with E-state index in [1.54, 1.807) is 36.5 Å². The summed E-state index contributed by atoms with van der Waals surface area (Å²) in [5, 5.41) is 12.0. The quantitative estimate of drug-likeness (QED) is 0.583. The van der Waals surface area contributed by atoms with Crippen LogP contribution in [0.15, 0.2) is 73.2 Å². The number of hydrogen-bond donors (Lipinski definition) is 2. The minimum Gasteiger partial charge on any atom is -0.478 e. The predicted octanol–water partition coefficient (Wildman–Crippen LogP) is 3.35. The number of rotatable bonds is 4. The van der Waals surface area contributed by atoms with Gasteiger partial charge in [0.25, 0.3) is 5.91 Å². The Hall–Kier alpha value is -4.00. The Morgan fingerprint density at radius 1 is 1.00 bits per heavy atom. The van der Waals surface area contributed by atoms with Crippen LogP contribution in [0.5, 0.6) is 0 Å². The lowest BCUT2D eigenvalue weighted by molar-refractivity contribution is 0.0692. The molecule has 4 aromatic rings. The predicted molar refractivity (Wildman–Crippen MR) is 99.8 cm³/mol. The second-order valence-corrected chi connectivity index (χ2v) is 5.84. The van der Waals surface area contributed by atoms with E-state index >= 15 is 0 Å². The molecular weight excluding hydrogens is 344 g/mol. The fourth-order valence-corrected chi connectivity index (χ4v) is 2.79. The Kier molecular flexibility index (Phi) is 4.10. The van der Waals surface area contributed by atoms with E-state index in [9.17, 15) is 14.7 Å². The number of benzene rings is 2. The molecule has 0 fully saturated rings. The molecule has 0 aliphatic heterocycles. The maximum atomic E-state index is 12.5. The fraction of sp³-hybridized carbons (Fsp3) is 0. The molecule has 0 atom stereocenters. The number of carbonyl (C=O) groups is 2. The first-order valence-electron chi connectivity index (χ1n) is 8.15. The molecule has 0 saturated carbocycles. The Labute approximate surface area is 154 Å². The molecule has 0 saturated heterocycles. The second-order valence-electron chi connectivity index (χ2n) is 5.84. The third-order valence-corrected chi connectivity index (χ3v) is 4.05. The number of anilines is 1. The number of aromatic nitrogens is 3. The van der Waals surface area contributed by atoms with Crippen molar-refractivity contribution in [3.05, 3.63) is 84.3 Å². The van der Waals surface area contributed by atoms with Crippen molar-refractivity contribution >= 4 is 23.3 Å². The molecule has 7 heteroatoms. The van der Waals surface area contributed by atoms with Crippen LogP contribution >= 0.6 is 0 Å². The van der Waals surface area contributed by atoms with Gasteiger partial charge in [0.2, 0.25) is 5.78 Å². The summed E-state index contributed by atoms with van der Waals surface area (Å²) in [6, 6.07) is 15.1. The third kappa shape index (κ3) is 3.25. The summed E-state index contributed by atoms with van der Waals surface area (Å²) >= 11 is 0. The number of hydrogen-bond acceptors (Lipinski definition) is 4. The van der Waals surface area contributed by atoms with E-state index in [1.165, 1.54) is 12.1 Å². The molecule has 0 aliphatic rings. The van der Waals surface area contributed by atoms with Crippen LogP contribution in [0.1, 0.15) is 20.7 Å². The van der Waals surface area contributed by atoms with Gasteiger partial charge in [-0.1, -0.05) is 24.3 Å². The van der Waals surface area contributed by atoms with Crippen LogP contribution in [-0.2, 0) is 0 Å². The average molecular weight is 358 g/mol. The molecule has 2 heterocycles. The Bertz CT molecular complexity index is 1130. The van der Waals surface area contributed by atoms with E-state index in [0.29, 0.717) is 11.5 Å². The highest BCUT2D eigenvalue weighted by Gasteiger charge is 2.16. The number of carbonyl (C=O) groups excluding carboxylic acids is 1. The van der Waals surface area contributed by atoms with Gasteiger partial charge in [0.1, 0.15) is 0 Å². The number of aromatic carboxylic acids is 1. The summed E-state index contributed by atoms with van der Waals surface area (Å²) in [5.41, 5.74) is 2.13. The Balaban J connectivity index is 1.63. The van der Waals surface area contributed by atoms with Gasteiger partial charge in [-0.15, -0.1) is 0 Å². The average Bonchev–Trinajstić information content (AvgIpc) is 3.12. The number of carboxylic acid groups (broad SMARTS) is 1. The molecule has 27 heavy (non-hydrogen) atoms. The van der Waals surface area contributed by atoms with E-state index in [4.69, 9.17) is 0 Å². The van der Waals surface area contributed by atoms with Crippen molar-refractivity contribution in [2.75, 3.05) is 5.32 Å². The fourth-order valence-electron chi connectivity index (χ4n) is 2.79. The normalized spacial score (nSPS) is 10.7. The number of carboxylic acids is 1. The SMILES string of the molecule is O=C(O)c1ccccc1C(=O)Nc1cccc(-c2cn3cccnc3n2)c1. The second kappa shape index (κ2) is 6.72. The lowest BCUT2D eigenvalue weighted by Crippen LogP contribution is -2.16. The zero-order valence-corrected chi connectivity index (χ0v) is 14.0. The van der Waals surface area contributed by atoms with Crippen LogP contribution in [0.25, 0.3) is 17.0 Å². The molecule has 7 nitrogen and oxygen atoms in total. The van der Waals surface area contributed by atoms with E-state index in [0.717, 1.165) is 11.3 Å². The minimum absolute atomic E-state index is 0.0439. The van der Waals surface area contributed by atoms with Crippen LogP contribution < -0.4 is 5.32 Å². The summed E-state index contributed by atoms with van der Waals surface area (Å²) in [7, 11) is 0. The zero-order valence-electron chi connectivity index (χ0n) is 14.0. The number of nitrogens with zero attached hydrogens (tertiary/aromatic N) is 3. The summed E-state index contributed by atoms with van der Waals surface area (Å²) in [6.07, 6.45) is 5.37. The molecule has 0 radical (unpaired) electrons. The summed E-state index contributed by atoms with van der Waals surface area (Å²) in [4.78, 5) is 32.5. The monoisotopic (exact) mass is 358 g/mol. The van der Waals surface area contributed by atoms with Gasteiger partial charge in [0.05, 0.1) is 16.8 Å². The summed E-state index contributed by atoms with van der Waals surface area (Å²) < 4.78 is 1.81. The molecule has 2 N–H and O–H groups in total. The van der Waals surface area contributed by atoms with Crippen LogP contribution in [0.4, 0.5) is 5.69 Å². The highest BCUT2D eigenvalue weighted by Crippen LogP contribution is 2.22. The number of amides is 1. The first-order valence-corrected chi connectivity index (χ1v) is 8.15. The zero-order chi connectivity index (χ0) is 18.8. The molecule has 0 spiro atoms. The van der Waals surface area contributed by atoms with Crippen molar-refractivity contribution in [2.45, 2.75) is 0 Å². The smallest absolute Gasteiger partial charge is 0.336 e. The van der Waals surface area contributed by atoms with Gasteiger partial charge in [0.15, 0.2) is 0 Å². The largest absolute Gasteiger partial charge is 0.478 e. The standard InChI is InChI=1S/C20H14N4O3/c25-18(15-7-1-2-8-16(15)19(26)27)22-14-6-3-5-13(11-14)17-12-24-10-4-9-21-20(24)23-17/h1-12H,(H,22,25)(H,26,27). The van der Waals surface area contributed by atoms with Crippen molar-refractivity contribution in [1.82, 2.24) is 14.4 Å². The van der Waals surface area contributed by atoms with Crippen molar-refractivity contribution in [1.29, 1.82) is 0 Å². The molecule has 132 valence electrons. The minimum atomic E-state index is -1.15. The molecule has 0 aliphatic carbocycles. The topological polar surface area (TPSA) is 96.6 Å². The Morgan fingerprint density at radius 2 is 1.81 bits per heavy atom. The lowest BCUT2D eigenvalue weighted by atomic mass is 10.1. The van der Waals surface area contributed by atoms with E-state index in [1.807, 2.05) is 28.9 Å². The van der Waals surface area contributed by atoms with Crippen molar-refractivity contribution in [3.8, 4) is 11.3 Å². The first-order chi connectivity index (χ1) is 13.1. The maximum absolute atomic E-state index is 12.5. The van der Waals surface area contributed by atoms with Crippen molar-refractivity contribution < 1.29 is 14.7 Å². The molecule has 0 bridgehead atoms. The van der Waals surface area contributed by atoms with Gasteiger partial charge < -0.3 is 10.4 Å². The Morgan fingerprint density at radius 3 is 2.59 bits per heavy atom. The maximum Gasteiger partial charge on any atom is 0.336 e. The molecule has 2 aromatic carbocycles. The number of fused-ring (bicyclic) bond motifs is 1. The van der Waals surface area contributed by atoms with Gasteiger partial charge in [-0.3, -0.25) is 9.20 Å². The summed E-state index contributed by atoms with van der Waals surface area (Å²) in [6.45, 7) is 0. The van der Waals surface area contributed by atoms with Gasteiger partial charge in [-0.25, -0.2) is 14.8 Å². The first kappa shape index (κ1) is 16.5. The summed E-state index contributed by atoms with van der Waals surface area (Å²) in [5.74, 6) is -1.05. The van der Waals surface area contributed by atoms with Crippen LogP contribution in [0, 0.1) is 0 Å². The van der Waals surface area contributed by atoms with Gasteiger partial charge in [-0.05, 0) is 30.3 Å². The van der Waals surface area contributed by atoms with Crippen LogP contribution in [-0.4, -0.2) is 31.4 Å². The van der Waals surface area contributed by atoms with Crippen molar-refractivity contribution in [2.24, 2.45) is 0 Å². The third-order valence-electron chi connectivity index (χ3n) is 4.05. The van der Waals surface area contributed by atoms with Crippen LogP contribution in [0.3, 0.4) is 0 Å². The molecular formula is C20H14N4O3. The number of imidazole rings is 1. The van der Waals surface area contributed by atoms with Gasteiger partial charge >= 0.3 is 5.97 Å². The van der Waals surface area contributed by atoms with E-state index in [-0.39, 0.29) is 11.1 Å². The molecule has 0 unspecified atom stereocenters. The highest BCUT2D eigenvalue weighted by atomic mass is 16.4. The van der Waals surface area contributed by atoms with E-state index < -0.39 is 11.9 Å². The van der Waals surface area contributed by atoms with Gasteiger partial charge in [-0.2, -0.15) is 0 Å². The van der Waals surface area contributed by atoms with Crippen molar-refractivity contribution in [3.63, 3.8) is 0 Å².